The van der Waals surface area contributed by atoms with Gasteiger partial charge < -0.3 is 20.1 Å². The minimum atomic E-state index is -1.54. The molecule has 1 fully saturated rings. The van der Waals surface area contributed by atoms with Gasteiger partial charge in [0.1, 0.15) is 0 Å². The molecule has 44 heavy (non-hydrogen) atoms. The first-order valence-electron chi connectivity index (χ1n) is 14.8. The van der Waals surface area contributed by atoms with Crippen LogP contribution in [0.1, 0.15) is 43.4 Å². The van der Waals surface area contributed by atoms with Crippen molar-refractivity contribution in [1.82, 2.24) is 15.1 Å². The molecule has 4 aromatic rings. The molecule has 0 bridgehead atoms. The molecule has 1 aliphatic heterocycles. The third kappa shape index (κ3) is 7.40. The SMILES string of the molecule is COC(=O)[C@H](O)[C@H](Cc1ccccc1)NC(=O)c1ccc(C(=O)N2CCN(C(c3ccccc3)c3ccccc3)CC2)cc1. The maximum atomic E-state index is 13.4. The lowest BCUT2D eigenvalue weighted by molar-refractivity contribution is -0.151. The number of esters is 1. The number of hydrogen-bond acceptors (Lipinski definition) is 6. The molecule has 0 spiro atoms. The molecule has 1 saturated heterocycles. The van der Waals surface area contributed by atoms with Crippen LogP contribution in [0.15, 0.2) is 115 Å². The van der Waals surface area contributed by atoms with Crippen LogP contribution in [-0.4, -0.2) is 78.1 Å². The highest BCUT2D eigenvalue weighted by Gasteiger charge is 2.30. The first-order chi connectivity index (χ1) is 21.4. The number of carbonyl (C=O) groups excluding carboxylic acids is 3. The lowest BCUT2D eigenvalue weighted by atomic mass is 9.96. The first-order valence-corrected chi connectivity index (χ1v) is 14.8. The van der Waals surface area contributed by atoms with E-state index in [-0.39, 0.29) is 18.4 Å². The maximum absolute atomic E-state index is 13.4. The summed E-state index contributed by atoms with van der Waals surface area (Å²) in [5.74, 6) is -1.38. The number of aliphatic hydroxyl groups excluding tert-OH is 1. The summed E-state index contributed by atoms with van der Waals surface area (Å²) in [6, 6.07) is 35.8. The molecular weight excluding hydrogens is 554 g/mol. The van der Waals surface area contributed by atoms with Crippen molar-refractivity contribution in [1.29, 1.82) is 0 Å². The Hall–Kier alpha value is -4.79. The summed E-state index contributed by atoms with van der Waals surface area (Å²) >= 11 is 0. The summed E-state index contributed by atoms with van der Waals surface area (Å²) in [7, 11) is 1.19. The second-order valence-corrected chi connectivity index (χ2v) is 10.9. The Bertz CT molecular complexity index is 1480. The maximum Gasteiger partial charge on any atom is 0.336 e. The fourth-order valence-electron chi connectivity index (χ4n) is 5.66. The molecule has 0 unspecified atom stereocenters. The van der Waals surface area contributed by atoms with E-state index in [0.29, 0.717) is 24.2 Å². The van der Waals surface area contributed by atoms with Crippen molar-refractivity contribution < 1.29 is 24.2 Å². The highest BCUT2D eigenvalue weighted by atomic mass is 16.5. The van der Waals surface area contributed by atoms with E-state index >= 15 is 0 Å². The van der Waals surface area contributed by atoms with Gasteiger partial charge in [-0.05, 0) is 47.4 Å². The molecule has 1 aliphatic rings. The fourth-order valence-corrected chi connectivity index (χ4v) is 5.66. The van der Waals surface area contributed by atoms with E-state index in [1.54, 1.807) is 24.3 Å². The minimum Gasteiger partial charge on any atom is -0.467 e. The third-order valence-electron chi connectivity index (χ3n) is 8.03. The zero-order valence-electron chi connectivity index (χ0n) is 24.7. The normalized spacial score (nSPS) is 14.9. The summed E-state index contributed by atoms with van der Waals surface area (Å²) < 4.78 is 4.70. The van der Waals surface area contributed by atoms with Gasteiger partial charge in [-0.3, -0.25) is 14.5 Å². The molecule has 8 nitrogen and oxygen atoms in total. The molecule has 4 aromatic carbocycles. The van der Waals surface area contributed by atoms with Gasteiger partial charge in [0.15, 0.2) is 6.10 Å². The van der Waals surface area contributed by atoms with Gasteiger partial charge in [-0.15, -0.1) is 0 Å². The van der Waals surface area contributed by atoms with Crippen molar-refractivity contribution in [3.63, 3.8) is 0 Å². The molecule has 226 valence electrons. The minimum absolute atomic E-state index is 0.0874. The molecule has 0 radical (unpaired) electrons. The molecule has 5 rings (SSSR count). The summed E-state index contributed by atoms with van der Waals surface area (Å²) in [6.45, 7) is 2.63. The quantitative estimate of drug-likeness (QED) is 0.270. The van der Waals surface area contributed by atoms with Crippen LogP contribution >= 0.6 is 0 Å². The lowest BCUT2D eigenvalue weighted by Crippen LogP contribution is -2.50. The number of amides is 2. The van der Waals surface area contributed by atoms with E-state index in [1.807, 2.05) is 47.4 Å². The number of nitrogens with one attached hydrogen (secondary N) is 1. The molecule has 0 aromatic heterocycles. The summed E-state index contributed by atoms with van der Waals surface area (Å²) in [6.07, 6.45) is -1.30. The van der Waals surface area contributed by atoms with Gasteiger partial charge >= 0.3 is 5.97 Å². The number of hydrogen-bond donors (Lipinski definition) is 2. The van der Waals surface area contributed by atoms with E-state index < -0.39 is 24.0 Å². The molecule has 0 aliphatic carbocycles. The predicted molar refractivity (Wildman–Crippen MR) is 168 cm³/mol. The average molecular weight is 592 g/mol. The number of piperazine rings is 1. The zero-order valence-corrected chi connectivity index (χ0v) is 24.7. The number of nitrogens with zero attached hydrogens (tertiary/aromatic N) is 2. The fraction of sp³-hybridized carbons (Fsp3) is 0.250. The summed E-state index contributed by atoms with van der Waals surface area (Å²) in [4.78, 5) is 42.8. The Balaban J connectivity index is 1.22. The van der Waals surface area contributed by atoms with Gasteiger partial charge in [0, 0.05) is 37.3 Å². The van der Waals surface area contributed by atoms with Gasteiger partial charge in [0.05, 0.1) is 19.2 Å². The molecule has 1 heterocycles. The van der Waals surface area contributed by atoms with Gasteiger partial charge in [-0.25, -0.2) is 4.79 Å². The third-order valence-corrected chi connectivity index (χ3v) is 8.03. The van der Waals surface area contributed by atoms with E-state index in [2.05, 4.69) is 58.7 Å². The van der Waals surface area contributed by atoms with Crippen LogP contribution in [0.4, 0.5) is 0 Å². The van der Waals surface area contributed by atoms with Gasteiger partial charge in [0.2, 0.25) is 0 Å². The lowest BCUT2D eigenvalue weighted by Gasteiger charge is -2.39. The second-order valence-electron chi connectivity index (χ2n) is 10.9. The number of ether oxygens (including phenoxy) is 1. The highest BCUT2D eigenvalue weighted by Crippen LogP contribution is 2.29. The van der Waals surface area contributed by atoms with Crippen molar-refractivity contribution in [2.45, 2.75) is 24.6 Å². The standard InChI is InChI=1S/C36H37N3O5/c1-44-36(43)33(40)31(25-26-11-5-2-6-12-26)37-34(41)29-17-19-30(20-18-29)35(42)39-23-21-38(22-24-39)32(27-13-7-3-8-14-27)28-15-9-4-10-16-28/h2-20,31-33,40H,21-25H2,1H3,(H,37,41)/t31-,33+/m0/s1. The second kappa shape index (κ2) is 14.6. The van der Waals surface area contributed by atoms with Crippen LogP contribution in [0.5, 0.6) is 0 Å². The largest absolute Gasteiger partial charge is 0.467 e. The molecule has 2 N–H and O–H groups in total. The van der Waals surface area contributed by atoms with Crippen molar-refractivity contribution in [3.8, 4) is 0 Å². The Morgan fingerprint density at radius 2 is 1.23 bits per heavy atom. The Morgan fingerprint density at radius 1 is 0.727 bits per heavy atom. The monoisotopic (exact) mass is 591 g/mol. The molecule has 2 amide bonds. The van der Waals surface area contributed by atoms with Crippen LogP contribution in [0.25, 0.3) is 0 Å². The smallest absolute Gasteiger partial charge is 0.336 e. The van der Waals surface area contributed by atoms with Crippen molar-refractivity contribution >= 4 is 17.8 Å². The van der Waals surface area contributed by atoms with Crippen molar-refractivity contribution in [2.75, 3.05) is 33.3 Å². The van der Waals surface area contributed by atoms with Crippen LogP contribution in [-0.2, 0) is 16.0 Å². The summed E-state index contributed by atoms with van der Waals surface area (Å²) in [5, 5.41) is 13.3. The Labute approximate surface area is 257 Å². The molecule has 8 heteroatoms. The number of aliphatic hydroxyl groups is 1. The highest BCUT2D eigenvalue weighted by molar-refractivity contribution is 5.98. The summed E-state index contributed by atoms with van der Waals surface area (Å²) in [5.41, 5.74) is 4.10. The number of rotatable bonds is 10. The number of methoxy groups -OCH3 is 1. The zero-order chi connectivity index (χ0) is 30.9. The molecule has 0 saturated carbocycles. The average Bonchev–Trinajstić information content (AvgIpc) is 3.09. The number of benzene rings is 4. The predicted octanol–water partition coefficient (Wildman–Crippen LogP) is 4.11. The van der Waals surface area contributed by atoms with Gasteiger partial charge in [-0.2, -0.15) is 0 Å². The van der Waals surface area contributed by atoms with Crippen LogP contribution in [0, 0.1) is 0 Å². The van der Waals surface area contributed by atoms with E-state index in [0.717, 1.165) is 18.7 Å². The topological polar surface area (TPSA) is 99.2 Å². The Kier molecular flexibility index (Phi) is 10.2. The van der Waals surface area contributed by atoms with Crippen LogP contribution in [0.3, 0.4) is 0 Å². The first kappa shape index (κ1) is 30.7. The van der Waals surface area contributed by atoms with Gasteiger partial charge in [0.25, 0.3) is 11.8 Å². The van der Waals surface area contributed by atoms with Crippen LogP contribution in [0.2, 0.25) is 0 Å². The van der Waals surface area contributed by atoms with E-state index in [1.165, 1.54) is 18.2 Å². The van der Waals surface area contributed by atoms with Gasteiger partial charge in [-0.1, -0.05) is 91.0 Å². The van der Waals surface area contributed by atoms with Crippen molar-refractivity contribution in [2.24, 2.45) is 0 Å². The Morgan fingerprint density at radius 3 is 1.75 bits per heavy atom. The van der Waals surface area contributed by atoms with Crippen molar-refractivity contribution in [3.05, 3.63) is 143 Å². The van der Waals surface area contributed by atoms with E-state index in [9.17, 15) is 19.5 Å². The van der Waals surface area contributed by atoms with E-state index in [4.69, 9.17) is 4.74 Å². The molecule has 2 atom stereocenters. The number of carbonyl (C=O) groups is 3. The molecular formula is C36H37N3O5. The van der Waals surface area contributed by atoms with Crippen LogP contribution < -0.4 is 5.32 Å².